The number of aromatic nitrogens is 2. The van der Waals surface area contributed by atoms with Crippen molar-refractivity contribution < 1.29 is 0 Å². The maximum atomic E-state index is 12.0. The van der Waals surface area contributed by atoms with Crippen molar-refractivity contribution in [2.75, 3.05) is 5.84 Å². The van der Waals surface area contributed by atoms with E-state index in [-0.39, 0.29) is 5.56 Å². The molecular weight excluding hydrogens is 262 g/mol. The average molecular weight is 274 g/mol. The van der Waals surface area contributed by atoms with Crippen LogP contribution >= 0.6 is 11.6 Å². The van der Waals surface area contributed by atoms with E-state index in [1.807, 2.05) is 42.5 Å². The summed E-state index contributed by atoms with van der Waals surface area (Å²) in [7, 11) is 0. The molecular formula is C14H12ClN3O. The average Bonchev–Trinajstić information content (AvgIpc) is 2.67. The Kier molecular flexibility index (Phi) is 2.80. The predicted octanol–water partition coefficient (Wildman–Crippen LogP) is 2.22. The fraction of sp³-hybridized carbons (Fsp3) is 0.0714. The van der Waals surface area contributed by atoms with Gasteiger partial charge in [0.15, 0.2) is 0 Å². The van der Waals surface area contributed by atoms with Crippen LogP contribution in [0.5, 0.6) is 0 Å². The van der Waals surface area contributed by atoms with Crippen molar-refractivity contribution in [2.24, 2.45) is 0 Å². The highest BCUT2D eigenvalue weighted by Crippen LogP contribution is 2.14. The van der Waals surface area contributed by atoms with Crippen LogP contribution in [0.25, 0.3) is 10.9 Å². The zero-order valence-electron chi connectivity index (χ0n) is 10.1. The van der Waals surface area contributed by atoms with E-state index in [4.69, 9.17) is 17.4 Å². The lowest BCUT2D eigenvalue weighted by Gasteiger charge is -2.08. The lowest BCUT2D eigenvalue weighted by atomic mass is 10.2. The Morgan fingerprint density at radius 3 is 2.47 bits per heavy atom. The second-order valence-corrected chi connectivity index (χ2v) is 4.79. The van der Waals surface area contributed by atoms with Gasteiger partial charge in [0.25, 0.3) is 5.56 Å². The van der Waals surface area contributed by atoms with Gasteiger partial charge in [0.05, 0.1) is 17.4 Å². The van der Waals surface area contributed by atoms with E-state index in [0.717, 1.165) is 15.9 Å². The minimum absolute atomic E-state index is 0.190. The SMILES string of the molecule is Nn1c(=O)c2ccccc2n1Cc1ccc(Cl)cc1. The summed E-state index contributed by atoms with van der Waals surface area (Å²) in [6.07, 6.45) is 0. The molecule has 3 rings (SSSR count). The van der Waals surface area contributed by atoms with Crippen molar-refractivity contribution in [3.63, 3.8) is 0 Å². The molecule has 96 valence electrons. The summed E-state index contributed by atoms with van der Waals surface area (Å²) in [4.78, 5) is 13.1. The first-order chi connectivity index (χ1) is 9.16. The smallest absolute Gasteiger partial charge is 0.293 e. The summed E-state index contributed by atoms with van der Waals surface area (Å²) in [6, 6.07) is 14.9. The Hall–Kier alpha value is -2.20. The van der Waals surface area contributed by atoms with Gasteiger partial charge in [-0.3, -0.25) is 9.48 Å². The molecule has 0 aliphatic heterocycles. The highest BCUT2D eigenvalue weighted by molar-refractivity contribution is 6.30. The highest BCUT2D eigenvalue weighted by Gasteiger charge is 2.10. The van der Waals surface area contributed by atoms with Gasteiger partial charge in [-0.05, 0) is 29.8 Å². The number of hydrogen-bond donors (Lipinski definition) is 1. The number of para-hydroxylation sites is 1. The number of nitrogens with zero attached hydrogens (tertiary/aromatic N) is 2. The van der Waals surface area contributed by atoms with Crippen LogP contribution in [0.4, 0.5) is 0 Å². The lowest BCUT2D eigenvalue weighted by molar-refractivity contribution is 0.586. The van der Waals surface area contributed by atoms with Crippen LogP contribution in [0.3, 0.4) is 0 Å². The molecule has 0 bridgehead atoms. The maximum Gasteiger partial charge on any atom is 0.293 e. The Balaban J connectivity index is 2.13. The van der Waals surface area contributed by atoms with Gasteiger partial charge < -0.3 is 5.84 Å². The van der Waals surface area contributed by atoms with Gasteiger partial charge in [0, 0.05) is 5.02 Å². The number of hydrogen-bond acceptors (Lipinski definition) is 2. The Morgan fingerprint density at radius 2 is 1.74 bits per heavy atom. The lowest BCUT2D eigenvalue weighted by Crippen LogP contribution is -2.30. The topological polar surface area (TPSA) is 52.9 Å². The van der Waals surface area contributed by atoms with Crippen molar-refractivity contribution in [3.8, 4) is 0 Å². The Bertz CT molecular complexity index is 787. The molecule has 0 unspecified atom stereocenters. The van der Waals surface area contributed by atoms with Gasteiger partial charge in [0.1, 0.15) is 0 Å². The molecule has 0 amide bonds. The molecule has 0 spiro atoms. The minimum atomic E-state index is -0.190. The van der Waals surface area contributed by atoms with Gasteiger partial charge in [-0.1, -0.05) is 35.9 Å². The number of nitrogen functional groups attached to an aromatic ring is 1. The molecule has 0 fully saturated rings. The fourth-order valence-corrected chi connectivity index (χ4v) is 2.28. The van der Waals surface area contributed by atoms with E-state index >= 15 is 0 Å². The van der Waals surface area contributed by atoms with E-state index in [9.17, 15) is 4.79 Å². The van der Waals surface area contributed by atoms with E-state index in [0.29, 0.717) is 17.0 Å². The molecule has 0 radical (unpaired) electrons. The summed E-state index contributed by atoms with van der Waals surface area (Å²) in [5.41, 5.74) is 1.67. The summed E-state index contributed by atoms with van der Waals surface area (Å²) in [6.45, 7) is 0.524. The zero-order chi connectivity index (χ0) is 13.4. The number of halogens is 1. The van der Waals surface area contributed by atoms with Gasteiger partial charge in [-0.25, -0.2) is 0 Å². The van der Waals surface area contributed by atoms with E-state index in [1.165, 1.54) is 0 Å². The van der Waals surface area contributed by atoms with Crippen LogP contribution in [0.1, 0.15) is 5.56 Å². The predicted molar refractivity (Wildman–Crippen MR) is 76.9 cm³/mol. The third-order valence-corrected chi connectivity index (χ3v) is 3.38. The third-order valence-electron chi connectivity index (χ3n) is 3.13. The second-order valence-electron chi connectivity index (χ2n) is 4.35. The Morgan fingerprint density at radius 1 is 1.05 bits per heavy atom. The first-order valence-corrected chi connectivity index (χ1v) is 6.24. The summed E-state index contributed by atoms with van der Waals surface area (Å²) in [5, 5.41) is 1.31. The fourth-order valence-electron chi connectivity index (χ4n) is 2.15. The Labute approximate surface area is 114 Å². The molecule has 0 aliphatic rings. The number of benzene rings is 2. The number of nitrogens with two attached hydrogens (primary N) is 1. The van der Waals surface area contributed by atoms with E-state index in [2.05, 4.69) is 0 Å². The monoisotopic (exact) mass is 273 g/mol. The summed E-state index contributed by atoms with van der Waals surface area (Å²) in [5.74, 6) is 5.83. The van der Waals surface area contributed by atoms with Crippen molar-refractivity contribution in [1.82, 2.24) is 9.47 Å². The third kappa shape index (κ3) is 2.00. The van der Waals surface area contributed by atoms with Gasteiger partial charge in [-0.2, -0.15) is 4.79 Å². The van der Waals surface area contributed by atoms with Gasteiger partial charge in [-0.15, -0.1) is 0 Å². The van der Waals surface area contributed by atoms with Crippen LogP contribution in [-0.2, 0) is 6.54 Å². The molecule has 19 heavy (non-hydrogen) atoms. The van der Waals surface area contributed by atoms with Crippen molar-refractivity contribution >= 4 is 22.5 Å². The summed E-state index contributed by atoms with van der Waals surface area (Å²) < 4.78 is 1.75. The van der Waals surface area contributed by atoms with Crippen molar-refractivity contribution in [1.29, 1.82) is 0 Å². The number of fused-ring (bicyclic) bond motifs is 1. The largest absolute Gasteiger partial charge is 0.321 e. The normalized spacial score (nSPS) is 11.0. The summed E-state index contributed by atoms with van der Waals surface area (Å²) >= 11 is 5.86. The first kappa shape index (κ1) is 11.9. The second kappa shape index (κ2) is 4.48. The first-order valence-electron chi connectivity index (χ1n) is 5.87. The van der Waals surface area contributed by atoms with Gasteiger partial charge in [0.2, 0.25) is 0 Å². The maximum absolute atomic E-state index is 12.0. The standard InChI is InChI=1S/C14H12ClN3O/c15-11-7-5-10(6-8-11)9-17-13-4-2-1-3-12(13)14(19)18(17)16/h1-8H,9,16H2. The van der Waals surface area contributed by atoms with Crippen LogP contribution in [0.2, 0.25) is 5.02 Å². The van der Waals surface area contributed by atoms with Crippen LogP contribution in [0, 0.1) is 0 Å². The van der Waals surface area contributed by atoms with Crippen LogP contribution in [0.15, 0.2) is 53.3 Å². The molecule has 0 aliphatic carbocycles. The number of rotatable bonds is 2. The molecule has 2 aromatic carbocycles. The zero-order valence-corrected chi connectivity index (χ0v) is 10.8. The molecule has 1 aromatic heterocycles. The molecule has 0 saturated heterocycles. The molecule has 4 nitrogen and oxygen atoms in total. The van der Waals surface area contributed by atoms with Crippen molar-refractivity contribution in [2.45, 2.75) is 6.54 Å². The molecule has 5 heteroatoms. The quantitative estimate of drug-likeness (QED) is 0.728. The molecule has 1 heterocycles. The highest BCUT2D eigenvalue weighted by atomic mass is 35.5. The van der Waals surface area contributed by atoms with Crippen LogP contribution < -0.4 is 11.4 Å². The van der Waals surface area contributed by atoms with Gasteiger partial charge >= 0.3 is 0 Å². The minimum Gasteiger partial charge on any atom is -0.321 e. The molecule has 3 aromatic rings. The van der Waals surface area contributed by atoms with E-state index < -0.39 is 0 Å². The van der Waals surface area contributed by atoms with Crippen molar-refractivity contribution in [3.05, 3.63) is 69.5 Å². The molecule has 2 N–H and O–H groups in total. The molecule has 0 saturated carbocycles. The van der Waals surface area contributed by atoms with E-state index in [1.54, 1.807) is 10.7 Å². The van der Waals surface area contributed by atoms with Crippen LogP contribution in [-0.4, -0.2) is 9.47 Å². The molecule has 0 atom stereocenters.